The highest BCUT2D eigenvalue weighted by Crippen LogP contribution is 2.36. The Balaban J connectivity index is 1.49. The van der Waals surface area contributed by atoms with Gasteiger partial charge in [0, 0.05) is 12.6 Å². The maximum Gasteiger partial charge on any atom is 0.325 e. The largest absolute Gasteiger partial charge is 0.338 e. The molecule has 0 radical (unpaired) electrons. The van der Waals surface area contributed by atoms with Gasteiger partial charge in [-0.2, -0.15) is 0 Å². The van der Waals surface area contributed by atoms with E-state index in [9.17, 15) is 14.4 Å². The number of urea groups is 1. The Kier molecular flexibility index (Phi) is 5.61. The summed E-state index contributed by atoms with van der Waals surface area (Å²) in [6.45, 7) is 8.69. The van der Waals surface area contributed by atoms with E-state index in [-0.39, 0.29) is 29.8 Å². The summed E-state index contributed by atoms with van der Waals surface area (Å²) in [5.41, 5.74) is 0.755. The summed E-state index contributed by atoms with van der Waals surface area (Å²) < 4.78 is 0. The van der Waals surface area contributed by atoms with Gasteiger partial charge < -0.3 is 10.2 Å². The quantitative estimate of drug-likeness (QED) is 0.746. The van der Waals surface area contributed by atoms with E-state index in [1.54, 1.807) is 6.92 Å². The van der Waals surface area contributed by atoms with Crippen LogP contribution in [0.4, 0.5) is 4.79 Å². The molecule has 6 nitrogen and oxygen atoms in total. The monoisotopic (exact) mass is 425 g/mol. The smallest absolute Gasteiger partial charge is 0.325 e. The third kappa shape index (κ3) is 3.97. The third-order valence-corrected chi connectivity index (χ3v) is 7.46. The summed E-state index contributed by atoms with van der Waals surface area (Å²) in [5.74, 6) is 0.111. The van der Waals surface area contributed by atoms with Gasteiger partial charge in [-0.15, -0.1) is 0 Å². The average molecular weight is 426 g/mol. The van der Waals surface area contributed by atoms with E-state index in [0.29, 0.717) is 5.92 Å². The van der Waals surface area contributed by atoms with E-state index in [2.05, 4.69) is 26.1 Å². The summed E-state index contributed by atoms with van der Waals surface area (Å²) in [7, 11) is 0. The molecule has 168 valence electrons. The van der Waals surface area contributed by atoms with Crippen LogP contribution in [-0.2, 0) is 20.5 Å². The summed E-state index contributed by atoms with van der Waals surface area (Å²) in [6, 6.07) is 7.60. The lowest BCUT2D eigenvalue weighted by molar-refractivity contribution is -0.142. The van der Waals surface area contributed by atoms with Gasteiger partial charge in [0.05, 0.1) is 0 Å². The molecule has 2 aliphatic heterocycles. The standard InChI is InChI=1S/C25H35N3O3/c1-24(2,3)18-11-13-19(14-12-18)25(4)22(30)28(23(31)26-25)16-21(29)27-15-7-9-17-8-5-6-10-20(17)27/h11-14,17,20H,5-10,15-16H2,1-4H3,(H,26,31). The van der Waals surface area contributed by atoms with Crippen LogP contribution >= 0.6 is 0 Å². The molecule has 31 heavy (non-hydrogen) atoms. The lowest BCUT2D eigenvalue weighted by atomic mass is 9.78. The number of carbonyl (C=O) groups is 3. The topological polar surface area (TPSA) is 69.7 Å². The van der Waals surface area contributed by atoms with Crippen molar-refractivity contribution in [2.75, 3.05) is 13.1 Å². The molecule has 1 N–H and O–H groups in total. The maximum atomic E-state index is 13.3. The molecule has 4 rings (SSSR count). The highest BCUT2D eigenvalue weighted by molar-refractivity contribution is 6.09. The molecule has 3 unspecified atom stereocenters. The molecule has 1 aromatic carbocycles. The van der Waals surface area contributed by atoms with Crippen molar-refractivity contribution in [2.45, 2.75) is 83.2 Å². The average Bonchev–Trinajstić information content (AvgIpc) is 2.96. The Labute approximate surface area is 185 Å². The van der Waals surface area contributed by atoms with E-state index in [1.165, 1.54) is 19.3 Å². The van der Waals surface area contributed by atoms with Crippen molar-refractivity contribution in [2.24, 2.45) is 5.92 Å². The zero-order valence-electron chi connectivity index (χ0n) is 19.2. The second-order valence-corrected chi connectivity index (χ2v) is 10.6. The van der Waals surface area contributed by atoms with Crippen LogP contribution in [0.3, 0.4) is 0 Å². The fourth-order valence-corrected chi connectivity index (χ4v) is 5.50. The number of hydrogen-bond donors (Lipinski definition) is 1. The third-order valence-electron chi connectivity index (χ3n) is 7.46. The van der Waals surface area contributed by atoms with Crippen molar-refractivity contribution >= 4 is 17.8 Å². The van der Waals surface area contributed by atoms with E-state index in [0.717, 1.165) is 41.8 Å². The normalized spacial score (nSPS) is 29.0. The molecule has 2 heterocycles. The van der Waals surface area contributed by atoms with Gasteiger partial charge in [0.1, 0.15) is 12.1 Å². The number of hydrogen-bond acceptors (Lipinski definition) is 3. The highest BCUT2D eigenvalue weighted by Gasteiger charge is 2.50. The van der Waals surface area contributed by atoms with E-state index >= 15 is 0 Å². The van der Waals surface area contributed by atoms with Crippen LogP contribution in [0.1, 0.15) is 77.3 Å². The van der Waals surface area contributed by atoms with Gasteiger partial charge in [-0.05, 0) is 55.1 Å². The fourth-order valence-electron chi connectivity index (χ4n) is 5.50. The molecule has 1 saturated carbocycles. The minimum Gasteiger partial charge on any atom is -0.338 e. The van der Waals surface area contributed by atoms with Gasteiger partial charge >= 0.3 is 6.03 Å². The minimum absolute atomic E-state index is 0.00619. The first-order valence-corrected chi connectivity index (χ1v) is 11.7. The van der Waals surface area contributed by atoms with Crippen molar-refractivity contribution in [3.05, 3.63) is 35.4 Å². The molecule has 1 aliphatic carbocycles. The predicted molar refractivity (Wildman–Crippen MR) is 119 cm³/mol. The number of nitrogens with zero attached hydrogens (tertiary/aromatic N) is 2. The molecule has 3 fully saturated rings. The van der Waals surface area contributed by atoms with Crippen molar-refractivity contribution in [3.8, 4) is 0 Å². The highest BCUT2D eigenvalue weighted by atomic mass is 16.2. The molecule has 4 amide bonds. The van der Waals surface area contributed by atoms with Crippen molar-refractivity contribution in [1.29, 1.82) is 0 Å². The van der Waals surface area contributed by atoms with Crippen LogP contribution in [0.2, 0.25) is 0 Å². The lowest BCUT2D eigenvalue weighted by Crippen LogP contribution is -2.53. The molecule has 1 aromatic rings. The van der Waals surface area contributed by atoms with E-state index < -0.39 is 11.6 Å². The van der Waals surface area contributed by atoms with Gasteiger partial charge in [-0.1, -0.05) is 57.9 Å². The van der Waals surface area contributed by atoms with Crippen molar-refractivity contribution < 1.29 is 14.4 Å². The number of fused-ring (bicyclic) bond motifs is 1. The maximum absolute atomic E-state index is 13.3. The van der Waals surface area contributed by atoms with E-state index in [4.69, 9.17) is 0 Å². The van der Waals surface area contributed by atoms with Gasteiger partial charge in [-0.25, -0.2) is 4.79 Å². The predicted octanol–water partition coefficient (Wildman–Crippen LogP) is 3.93. The second kappa shape index (κ2) is 7.95. The lowest BCUT2D eigenvalue weighted by Gasteiger charge is -2.44. The Morgan fingerprint density at radius 3 is 2.39 bits per heavy atom. The zero-order valence-corrected chi connectivity index (χ0v) is 19.2. The molecular weight excluding hydrogens is 390 g/mol. The van der Waals surface area contributed by atoms with Gasteiger partial charge in [0.15, 0.2) is 0 Å². The zero-order chi connectivity index (χ0) is 22.4. The Morgan fingerprint density at radius 2 is 1.71 bits per heavy atom. The van der Waals surface area contributed by atoms with Crippen LogP contribution in [0, 0.1) is 5.92 Å². The molecule has 6 heteroatoms. The molecule has 0 spiro atoms. The molecule has 0 bridgehead atoms. The summed E-state index contributed by atoms with van der Waals surface area (Å²) in [5, 5.41) is 2.84. The minimum atomic E-state index is -1.15. The Bertz CT molecular complexity index is 871. The second-order valence-electron chi connectivity index (χ2n) is 10.6. The number of benzene rings is 1. The number of carbonyl (C=O) groups excluding carboxylic acids is 3. The van der Waals surface area contributed by atoms with Crippen LogP contribution in [-0.4, -0.2) is 46.8 Å². The van der Waals surface area contributed by atoms with Crippen LogP contribution in [0.15, 0.2) is 24.3 Å². The first kappa shape index (κ1) is 21.8. The molecule has 2 saturated heterocycles. The number of nitrogens with one attached hydrogen (secondary N) is 1. The molecule has 3 aliphatic rings. The number of amides is 4. The number of imide groups is 1. The number of likely N-dealkylation sites (tertiary alicyclic amines) is 1. The van der Waals surface area contributed by atoms with Crippen LogP contribution in [0.5, 0.6) is 0 Å². The SMILES string of the molecule is CC(C)(C)c1ccc(C2(C)NC(=O)N(CC(=O)N3CCCC4CCCCC43)C2=O)cc1. The Hall–Kier alpha value is -2.37. The summed E-state index contributed by atoms with van der Waals surface area (Å²) >= 11 is 0. The fraction of sp³-hybridized carbons (Fsp3) is 0.640. The number of rotatable bonds is 3. The van der Waals surface area contributed by atoms with Gasteiger partial charge in [-0.3, -0.25) is 14.5 Å². The van der Waals surface area contributed by atoms with Crippen LogP contribution < -0.4 is 5.32 Å². The number of piperidine rings is 1. The van der Waals surface area contributed by atoms with E-state index in [1.807, 2.05) is 29.2 Å². The summed E-state index contributed by atoms with van der Waals surface area (Å²) in [6.07, 6.45) is 6.79. The first-order valence-electron chi connectivity index (χ1n) is 11.7. The van der Waals surface area contributed by atoms with Crippen molar-refractivity contribution in [3.63, 3.8) is 0 Å². The first-order chi connectivity index (χ1) is 14.6. The van der Waals surface area contributed by atoms with Crippen molar-refractivity contribution in [1.82, 2.24) is 15.1 Å². The Morgan fingerprint density at radius 1 is 1.06 bits per heavy atom. The molecular formula is C25H35N3O3. The van der Waals surface area contributed by atoms with Gasteiger partial charge in [0.25, 0.3) is 5.91 Å². The summed E-state index contributed by atoms with van der Waals surface area (Å²) in [4.78, 5) is 42.2. The van der Waals surface area contributed by atoms with Crippen LogP contribution in [0.25, 0.3) is 0 Å². The van der Waals surface area contributed by atoms with Gasteiger partial charge in [0.2, 0.25) is 5.91 Å². The molecule has 3 atom stereocenters. The molecule has 0 aromatic heterocycles.